The van der Waals surface area contributed by atoms with Crippen molar-refractivity contribution < 1.29 is 9.53 Å². The van der Waals surface area contributed by atoms with Crippen LogP contribution in [0.4, 0.5) is 0 Å². The second-order valence-corrected chi connectivity index (χ2v) is 4.47. The summed E-state index contributed by atoms with van der Waals surface area (Å²) in [5.74, 6) is -0.0343. The molecule has 0 saturated heterocycles. The van der Waals surface area contributed by atoms with Crippen LogP contribution in [0.1, 0.15) is 30.1 Å². The predicted octanol–water partition coefficient (Wildman–Crippen LogP) is 2.71. The SMILES string of the molecule is CCCOCCCNC(=O)c1c[nH]c2ccccc12. The molecule has 2 N–H and O–H groups in total. The van der Waals surface area contributed by atoms with E-state index in [1.165, 1.54) is 0 Å². The van der Waals surface area contributed by atoms with Gasteiger partial charge in [-0.25, -0.2) is 0 Å². The van der Waals surface area contributed by atoms with Crippen LogP contribution in [0.2, 0.25) is 0 Å². The molecule has 0 radical (unpaired) electrons. The van der Waals surface area contributed by atoms with Gasteiger partial charge >= 0.3 is 0 Å². The number of rotatable bonds is 7. The van der Waals surface area contributed by atoms with Crippen LogP contribution in [-0.2, 0) is 4.74 Å². The third-order valence-electron chi connectivity index (χ3n) is 2.93. The average molecular weight is 260 g/mol. The van der Waals surface area contributed by atoms with Gasteiger partial charge in [0.15, 0.2) is 0 Å². The van der Waals surface area contributed by atoms with E-state index in [1.54, 1.807) is 6.20 Å². The van der Waals surface area contributed by atoms with Crippen molar-refractivity contribution in [3.05, 3.63) is 36.0 Å². The van der Waals surface area contributed by atoms with Crippen molar-refractivity contribution in [1.29, 1.82) is 0 Å². The molecule has 0 atom stereocenters. The number of aromatic nitrogens is 1. The zero-order valence-electron chi connectivity index (χ0n) is 11.2. The van der Waals surface area contributed by atoms with Crippen LogP contribution in [-0.4, -0.2) is 30.6 Å². The van der Waals surface area contributed by atoms with E-state index in [9.17, 15) is 4.79 Å². The lowest BCUT2D eigenvalue weighted by Gasteiger charge is -2.05. The smallest absolute Gasteiger partial charge is 0.253 e. The van der Waals surface area contributed by atoms with Crippen molar-refractivity contribution in [1.82, 2.24) is 10.3 Å². The normalized spacial score (nSPS) is 10.8. The molecule has 0 aliphatic carbocycles. The Balaban J connectivity index is 1.83. The maximum Gasteiger partial charge on any atom is 0.253 e. The second kappa shape index (κ2) is 6.95. The highest BCUT2D eigenvalue weighted by atomic mass is 16.5. The largest absolute Gasteiger partial charge is 0.381 e. The van der Waals surface area contributed by atoms with Crippen LogP contribution in [0.3, 0.4) is 0 Å². The molecule has 0 fully saturated rings. The summed E-state index contributed by atoms with van der Waals surface area (Å²) >= 11 is 0. The maximum absolute atomic E-state index is 12.0. The molecule has 4 nitrogen and oxygen atoms in total. The number of ether oxygens (including phenoxy) is 1. The molecule has 1 aromatic heterocycles. The Kier molecular flexibility index (Phi) is 4.98. The lowest BCUT2D eigenvalue weighted by molar-refractivity contribution is 0.0943. The van der Waals surface area contributed by atoms with Crippen molar-refractivity contribution in [3.8, 4) is 0 Å². The number of H-pyrrole nitrogens is 1. The highest BCUT2D eigenvalue weighted by Crippen LogP contribution is 2.17. The Bertz CT molecular complexity index is 534. The van der Waals surface area contributed by atoms with Crippen molar-refractivity contribution in [2.45, 2.75) is 19.8 Å². The number of para-hydroxylation sites is 1. The maximum atomic E-state index is 12.0. The first-order valence-electron chi connectivity index (χ1n) is 6.75. The van der Waals surface area contributed by atoms with Gasteiger partial charge in [-0.1, -0.05) is 25.1 Å². The highest BCUT2D eigenvalue weighted by Gasteiger charge is 2.10. The Hall–Kier alpha value is -1.81. The molecule has 0 saturated carbocycles. The van der Waals surface area contributed by atoms with Crippen LogP contribution in [0.25, 0.3) is 10.9 Å². The van der Waals surface area contributed by atoms with Crippen molar-refractivity contribution in [2.75, 3.05) is 19.8 Å². The number of nitrogens with one attached hydrogen (secondary N) is 2. The van der Waals surface area contributed by atoms with Gasteiger partial charge in [0.1, 0.15) is 0 Å². The minimum absolute atomic E-state index is 0.0343. The molecule has 1 amide bonds. The summed E-state index contributed by atoms with van der Waals surface area (Å²) < 4.78 is 5.37. The Morgan fingerprint density at radius 2 is 2.16 bits per heavy atom. The molecular weight excluding hydrogens is 240 g/mol. The minimum Gasteiger partial charge on any atom is -0.381 e. The molecule has 0 spiro atoms. The lowest BCUT2D eigenvalue weighted by Crippen LogP contribution is -2.25. The molecule has 0 unspecified atom stereocenters. The van der Waals surface area contributed by atoms with Crippen LogP contribution in [0, 0.1) is 0 Å². The minimum atomic E-state index is -0.0343. The topological polar surface area (TPSA) is 54.1 Å². The number of fused-ring (bicyclic) bond motifs is 1. The van der Waals surface area contributed by atoms with Crippen LogP contribution in [0.15, 0.2) is 30.5 Å². The number of hydrogen-bond donors (Lipinski definition) is 2. The van der Waals surface area contributed by atoms with E-state index < -0.39 is 0 Å². The number of amides is 1. The van der Waals surface area contributed by atoms with E-state index in [-0.39, 0.29) is 5.91 Å². The summed E-state index contributed by atoms with van der Waals surface area (Å²) in [6, 6.07) is 7.80. The van der Waals surface area contributed by atoms with E-state index in [4.69, 9.17) is 4.74 Å². The first-order chi connectivity index (χ1) is 9.33. The third-order valence-corrected chi connectivity index (χ3v) is 2.93. The standard InChI is InChI=1S/C15H20N2O2/c1-2-9-19-10-5-8-16-15(18)13-11-17-14-7-4-3-6-12(13)14/h3-4,6-7,11,17H,2,5,8-10H2,1H3,(H,16,18). The molecule has 2 aromatic rings. The summed E-state index contributed by atoms with van der Waals surface area (Å²) in [5.41, 5.74) is 1.68. The summed E-state index contributed by atoms with van der Waals surface area (Å²) in [6.07, 6.45) is 3.63. The second-order valence-electron chi connectivity index (χ2n) is 4.47. The third kappa shape index (κ3) is 3.58. The van der Waals surface area contributed by atoms with Crippen LogP contribution in [0.5, 0.6) is 0 Å². The summed E-state index contributed by atoms with van der Waals surface area (Å²) in [4.78, 5) is 15.1. The van der Waals surface area contributed by atoms with Crippen LogP contribution < -0.4 is 5.32 Å². The molecule has 0 aliphatic rings. The van der Waals surface area contributed by atoms with Gasteiger partial charge in [-0.15, -0.1) is 0 Å². The summed E-state index contributed by atoms with van der Waals surface area (Å²) in [6.45, 7) is 4.21. The van der Waals surface area contributed by atoms with Gasteiger partial charge in [0.2, 0.25) is 0 Å². The van der Waals surface area contributed by atoms with Gasteiger partial charge < -0.3 is 15.0 Å². The number of hydrogen-bond acceptors (Lipinski definition) is 2. The molecule has 4 heteroatoms. The number of aromatic amines is 1. The predicted molar refractivity (Wildman–Crippen MR) is 76.4 cm³/mol. The molecule has 0 bridgehead atoms. The first kappa shape index (κ1) is 13.6. The lowest BCUT2D eigenvalue weighted by atomic mass is 10.1. The Morgan fingerprint density at radius 3 is 3.00 bits per heavy atom. The monoisotopic (exact) mass is 260 g/mol. The van der Waals surface area contributed by atoms with E-state index >= 15 is 0 Å². The zero-order valence-corrected chi connectivity index (χ0v) is 11.2. The summed E-state index contributed by atoms with van der Waals surface area (Å²) in [7, 11) is 0. The quantitative estimate of drug-likeness (QED) is 0.752. The van der Waals surface area contributed by atoms with Crippen LogP contribution >= 0.6 is 0 Å². The fraction of sp³-hybridized carbons (Fsp3) is 0.400. The van der Waals surface area contributed by atoms with E-state index in [0.717, 1.165) is 30.4 Å². The zero-order chi connectivity index (χ0) is 13.5. The van der Waals surface area contributed by atoms with Gasteiger partial charge in [0.25, 0.3) is 5.91 Å². The number of benzene rings is 1. The average Bonchev–Trinajstić information content (AvgIpc) is 2.86. The molecule has 1 aromatic carbocycles. The van der Waals surface area contributed by atoms with Crippen molar-refractivity contribution in [3.63, 3.8) is 0 Å². The fourth-order valence-electron chi connectivity index (χ4n) is 1.98. The summed E-state index contributed by atoms with van der Waals surface area (Å²) in [5, 5.41) is 3.88. The van der Waals surface area contributed by atoms with E-state index in [1.807, 2.05) is 24.3 Å². The van der Waals surface area contributed by atoms with Gasteiger partial charge in [0.05, 0.1) is 5.56 Å². The first-order valence-corrected chi connectivity index (χ1v) is 6.75. The molecule has 2 rings (SSSR count). The number of carbonyl (C=O) groups is 1. The van der Waals surface area contributed by atoms with Gasteiger partial charge in [0, 0.05) is 36.9 Å². The fourth-order valence-corrected chi connectivity index (χ4v) is 1.98. The van der Waals surface area contributed by atoms with Crippen molar-refractivity contribution in [2.24, 2.45) is 0 Å². The molecular formula is C15H20N2O2. The molecule has 1 heterocycles. The van der Waals surface area contributed by atoms with Gasteiger partial charge in [-0.2, -0.15) is 0 Å². The Morgan fingerprint density at radius 1 is 1.32 bits per heavy atom. The number of carbonyl (C=O) groups excluding carboxylic acids is 1. The van der Waals surface area contributed by atoms with E-state index in [0.29, 0.717) is 18.7 Å². The molecule has 19 heavy (non-hydrogen) atoms. The molecule has 102 valence electrons. The van der Waals surface area contributed by atoms with Gasteiger partial charge in [-0.3, -0.25) is 4.79 Å². The van der Waals surface area contributed by atoms with Gasteiger partial charge in [-0.05, 0) is 18.9 Å². The van der Waals surface area contributed by atoms with E-state index in [2.05, 4.69) is 17.2 Å². The highest BCUT2D eigenvalue weighted by molar-refractivity contribution is 6.06. The Labute approximate surface area is 113 Å². The molecule has 0 aliphatic heterocycles. The van der Waals surface area contributed by atoms with Crippen molar-refractivity contribution >= 4 is 16.8 Å².